The average molecular weight is 565 g/mol. The Kier molecular flexibility index (Phi) is 6.56. The van der Waals surface area contributed by atoms with Crippen molar-refractivity contribution in [3.63, 3.8) is 0 Å². The lowest BCUT2D eigenvalue weighted by molar-refractivity contribution is -0.130. The zero-order chi connectivity index (χ0) is 26.2. The zero-order valence-corrected chi connectivity index (χ0v) is 21.9. The Morgan fingerprint density at radius 1 is 1.16 bits per heavy atom. The maximum atomic E-state index is 13.6. The van der Waals surface area contributed by atoms with Crippen molar-refractivity contribution in [3.05, 3.63) is 104 Å². The van der Waals surface area contributed by atoms with E-state index in [9.17, 15) is 14.0 Å². The van der Waals surface area contributed by atoms with Crippen LogP contribution in [0.25, 0.3) is 16.7 Å². The second-order valence-corrected chi connectivity index (χ2v) is 10.8. The molecule has 190 valence electrons. The van der Waals surface area contributed by atoms with Gasteiger partial charge < -0.3 is 4.98 Å². The van der Waals surface area contributed by atoms with Gasteiger partial charge in [-0.15, -0.1) is 11.3 Å². The number of thioether (sulfide) groups is 1. The van der Waals surface area contributed by atoms with Crippen LogP contribution >= 0.6 is 34.7 Å². The zero-order valence-electron chi connectivity index (χ0n) is 19.5. The van der Waals surface area contributed by atoms with Crippen molar-refractivity contribution in [2.75, 3.05) is 5.75 Å². The number of H-pyrrole nitrogens is 1. The monoisotopic (exact) mass is 564 g/mol. The number of nitrogens with one attached hydrogen (secondary N) is 1. The summed E-state index contributed by atoms with van der Waals surface area (Å²) in [5, 5.41) is 13.5. The van der Waals surface area contributed by atoms with E-state index in [1.807, 2.05) is 17.5 Å². The summed E-state index contributed by atoms with van der Waals surface area (Å²) >= 11 is 8.65. The highest BCUT2D eigenvalue weighted by Crippen LogP contribution is 2.34. The van der Waals surface area contributed by atoms with Gasteiger partial charge in [-0.05, 0) is 53.4 Å². The number of benzene rings is 2. The number of hydrogen-bond donors (Lipinski definition) is 1. The summed E-state index contributed by atoms with van der Waals surface area (Å²) in [5.74, 6) is -0.615. The first-order chi connectivity index (χ1) is 18.5. The third-order valence-corrected chi connectivity index (χ3v) is 8.08. The number of aromatic amines is 1. The molecule has 0 radical (unpaired) electrons. The van der Waals surface area contributed by atoms with Crippen molar-refractivity contribution >= 4 is 57.4 Å². The highest BCUT2D eigenvalue weighted by molar-refractivity contribution is 7.99. The summed E-state index contributed by atoms with van der Waals surface area (Å²) in [5.41, 5.74) is 2.31. The van der Waals surface area contributed by atoms with Crippen molar-refractivity contribution in [2.45, 2.75) is 17.6 Å². The number of carbonyl (C=O) groups is 1. The molecular formula is C26H18ClFN6O2S2. The maximum Gasteiger partial charge on any atom is 0.262 e. The quantitative estimate of drug-likeness (QED) is 0.219. The smallest absolute Gasteiger partial charge is 0.262 e. The molecule has 1 atom stereocenters. The van der Waals surface area contributed by atoms with Crippen molar-refractivity contribution in [1.29, 1.82) is 0 Å². The van der Waals surface area contributed by atoms with E-state index in [-0.39, 0.29) is 34.2 Å². The van der Waals surface area contributed by atoms with Crippen LogP contribution in [-0.4, -0.2) is 42.1 Å². The van der Waals surface area contributed by atoms with E-state index in [2.05, 4.69) is 20.2 Å². The molecule has 12 heteroatoms. The minimum atomic E-state index is -0.360. The van der Waals surface area contributed by atoms with Gasteiger partial charge in [-0.2, -0.15) is 10.2 Å². The Morgan fingerprint density at radius 3 is 2.68 bits per heavy atom. The number of halogens is 2. The van der Waals surface area contributed by atoms with E-state index in [1.165, 1.54) is 23.3 Å². The minimum Gasteiger partial charge on any atom is -0.301 e. The molecule has 1 amide bonds. The molecule has 0 fully saturated rings. The van der Waals surface area contributed by atoms with Gasteiger partial charge in [0.2, 0.25) is 0 Å². The molecule has 1 aliphatic heterocycles. The molecule has 6 rings (SSSR count). The average Bonchev–Trinajstić information content (AvgIpc) is 3.68. The Bertz CT molecular complexity index is 1720. The van der Waals surface area contributed by atoms with Gasteiger partial charge >= 0.3 is 0 Å². The highest BCUT2D eigenvalue weighted by atomic mass is 35.5. The summed E-state index contributed by atoms with van der Waals surface area (Å²) < 4.78 is 15.1. The highest BCUT2D eigenvalue weighted by Gasteiger charge is 2.33. The summed E-state index contributed by atoms with van der Waals surface area (Å²) in [6, 6.07) is 16.6. The van der Waals surface area contributed by atoms with Gasteiger partial charge in [0.05, 0.1) is 34.3 Å². The fourth-order valence-electron chi connectivity index (χ4n) is 4.21. The molecule has 3 aromatic heterocycles. The van der Waals surface area contributed by atoms with Crippen LogP contribution < -0.4 is 5.56 Å². The van der Waals surface area contributed by atoms with E-state index < -0.39 is 0 Å². The predicted molar refractivity (Wildman–Crippen MR) is 147 cm³/mol. The summed E-state index contributed by atoms with van der Waals surface area (Å²) in [7, 11) is 0. The molecule has 4 heterocycles. The van der Waals surface area contributed by atoms with Gasteiger partial charge in [0.25, 0.3) is 11.5 Å². The Labute approximate surface area is 228 Å². The van der Waals surface area contributed by atoms with Gasteiger partial charge in [-0.3, -0.25) is 9.59 Å². The Hall–Kier alpha value is -3.80. The van der Waals surface area contributed by atoms with E-state index >= 15 is 0 Å². The first-order valence-corrected chi connectivity index (χ1v) is 13.8. The first-order valence-electron chi connectivity index (χ1n) is 11.5. The second-order valence-electron chi connectivity index (χ2n) is 8.46. The fourth-order valence-corrected chi connectivity index (χ4v) is 5.77. The molecule has 0 aliphatic carbocycles. The Morgan fingerprint density at radius 2 is 1.95 bits per heavy atom. The number of thiophene rings is 1. The number of amides is 1. The number of rotatable bonds is 6. The standard InChI is InChI=1S/C26H18ClFN6O2S2/c27-16-5-9-18(10-6-16)33-24-19(13-29-33)25(36)31-26(30-24)38-14-23(35)34-21(15-3-7-17(28)8-4-15)12-20(32-34)22-2-1-11-37-22/h1-11,13,21H,12,14H2,(H,30,31,36). The van der Waals surface area contributed by atoms with Crippen molar-refractivity contribution in [3.8, 4) is 5.69 Å². The van der Waals surface area contributed by atoms with Crippen molar-refractivity contribution in [1.82, 2.24) is 24.8 Å². The molecule has 1 unspecified atom stereocenters. The molecule has 5 aromatic rings. The number of nitrogens with zero attached hydrogens (tertiary/aromatic N) is 5. The van der Waals surface area contributed by atoms with Gasteiger partial charge in [0, 0.05) is 11.4 Å². The topological polar surface area (TPSA) is 96.2 Å². The predicted octanol–water partition coefficient (Wildman–Crippen LogP) is 5.43. The Balaban J connectivity index is 1.26. The third-order valence-electron chi connectivity index (χ3n) is 6.05. The van der Waals surface area contributed by atoms with Gasteiger partial charge in [0.1, 0.15) is 11.2 Å². The molecule has 8 nitrogen and oxygen atoms in total. The van der Waals surface area contributed by atoms with E-state index in [0.717, 1.165) is 27.9 Å². The number of fused-ring (bicyclic) bond motifs is 1. The molecule has 0 saturated carbocycles. The van der Waals surface area contributed by atoms with Crippen LogP contribution in [0.5, 0.6) is 0 Å². The van der Waals surface area contributed by atoms with E-state index in [1.54, 1.807) is 52.4 Å². The molecule has 0 spiro atoms. The van der Waals surface area contributed by atoms with Gasteiger partial charge in [-0.25, -0.2) is 19.1 Å². The van der Waals surface area contributed by atoms with Gasteiger partial charge in [0.15, 0.2) is 10.8 Å². The second kappa shape index (κ2) is 10.2. The van der Waals surface area contributed by atoms with Crippen molar-refractivity contribution < 1.29 is 9.18 Å². The number of aromatic nitrogens is 4. The normalized spacial score (nSPS) is 15.3. The number of carbonyl (C=O) groups excluding carboxylic acids is 1. The van der Waals surface area contributed by atoms with Crippen molar-refractivity contribution in [2.24, 2.45) is 5.10 Å². The van der Waals surface area contributed by atoms with E-state index in [0.29, 0.717) is 28.2 Å². The molecule has 38 heavy (non-hydrogen) atoms. The SMILES string of the molecule is O=C(CSc1nc2c(cnn2-c2ccc(Cl)cc2)c(=O)[nH]1)N1N=C(c2cccs2)CC1c1ccc(F)cc1. The summed E-state index contributed by atoms with van der Waals surface area (Å²) in [4.78, 5) is 34.4. The lowest BCUT2D eigenvalue weighted by atomic mass is 10.0. The summed E-state index contributed by atoms with van der Waals surface area (Å²) in [6.45, 7) is 0. The van der Waals surface area contributed by atoms with Crippen LogP contribution in [-0.2, 0) is 4.79 Å². The summed E-state index contributed by atoms with van der Waals surface area (Å²) in [6.07, 6.45) is 1.97. The molecule has 2 aromatic carbocycles. The van der Waals surface area contributed by atoms with Crippen LogP contribution in [0, 0.1) is 5.82 Å². The molecule has 1 N–H and O–H groups in total. The van der Waals surface area contributed by atoms with Crippen LogP contribution in [0.2, 0.25) is 5.02 Å². The van der Waals surface area contributed by atoms with Gasteiger partial charge in [-0.1, -0.05) is 41.6 Å². The van der Waals surface area contributed by atoms with Crippen LogP contribution in [0.3, 0.4) is 0 Å². The molecule has 0 saturated heterocycles. The molecule has 1 aliphatic rings. The molecular weight excluding hydrogens is 547 g/mol. The van der Waals surface area contributed by atoms with Crippen LogP contribution in [0.1, 0.15) is 22.9 Å². The molecule has 0 bridgehead atoms. The lowest BCUT2D eigenvalue weighted by Crippen LogP contribution is -2.28. The number of hydrazone groups is 1. The first kappa shape index (κ1) is 24.5. The third kappa shape index (κ3) is 4.75. The largest absolute Gasteiger partial charge is 0.301 e. The lowest BCUT2D eigenvalue weighted by Gasteiger charge is -2.21. The minimum absolute atomic E-state index is 0.0115. The maximum absolute atomic E-state index is 13.6. The van der Waals surface area contributed by atoms with Crippen LogP contribution in [0.4, 0.5) is 4.39 Å². The fraction of sp³-hybridized carbons (Fsp3) is 0.115. The van der Waals surface area contributed by atoms with E-state index in [4.69, 9.17) is 11.6 Å². The number of hydrogen-bond acceptors (Lipinski definition) is 7. The van der Waals surface area contributed by atoms with Crippen LogP contribution in [0.15, 0.2) is 87.3 Å².